The van der Waals surface area contributed by atoms with E-state index in [9.17, 15) is 4.79 Å². The normalized spacial score (nSPS) is 7.33. The summed E-state index contributed by atoms with van der Waals surface area (Å²) in [7, 11) is 0. The average Bonchev–Trinajstić information content (AvgIpc) is 1.63. The van der Waals surface area contributed by atoms with Gasteiger partial charge in [0.05, 0.1) is 5.16 Å². The van der Waals surface area contributed by atoms with Crippen LogP contribution < -0.4 is 0 Å². The molecule has 0 heterocycles. The molecule has 0 saturated carbocycles. The zero-order valence-electron chi connectivity index (χ0n) is 5.34. The molecule has 0 aromatic heterocycles. The summed E-state index contributed by atoms with van der Waals surface area (Å²) in [5, 5.41) is 1.99. The third-order valence-electron chi connectivity index (χ3n) is 0.568. The van der Waals surface area contributed by atoms with Gasteiger partial charge in [-0.05, 0) is 26.1 Å². The van der Waals surface area contributed by atoms with Gasteiger partial charge in [-0.15, -0.1) is 0 Å². The molecule has 0 unspecified atom stereocenters. The highest BCUT2D eigenvalue weighted by molar-refractivity contribution is 7.78. The minimum atomic E-state index is -0.343. The monoisotopic (exact) mass is 141 g/mol. The summed E-state index contributed by atoms with van der Waals surface area (Å²) in [5.41, 5.74) is 0.911. The molecule has 3 heteroatoms. The molecule has 0 saturated heterocycles. The number of isothiocyanates is 1. The summed E-state index contributed by atoms with van der Waals surface area (Å²) in [6.45, 7) is 3.63. The number of carbonyl (C=O) groups excluding carboxylic acids is 1. The van der Waals surface area contributed by atoms with Gasteiger partial charge in [0.2, 0.25) is 0 Å². The summed E-state index contributed by atoms with van der Waals surface area (Å²) in [6.07, 6.45) is 1.40. The molecule has 0 aliphatic rings. The Kier molecular flexibility index (Phi) is 3.76. The largest absolute Gasteiger partial charge is 0.278 e. The maximum atomic E-state index is 10.5. The Bertz CT molecular complexity index is 185. The van der Waals surface area contributed by atoms with Gasteiger partial charge in [0.25, 0.3) is 5.91 Å². The second-order valence-electron chi connectivity index (χ2n) is 1.76. The van der Waals surface area contributed by atoms with E-state index in [0.717, 1.165) is 5.57 Å². The molecule has 2 nitrogen and oxygen atoms in total. The third kappa shape index (κ3) is 5.07. The van der Waals surface area contributed by atoms with Crippen molar-refractivity contribution < 1.29 is 4.79 Å². The Balaban J connectivity index is 4.08. The van der Waals surface area contributed by atoms with Crippen molar-refractivity contribution in [3.63, 3.8) is 0 Å². The fraction of sp³-hybridized carbons (Fsp3) is 0.333. The van der Waals surface area contributed by atoms with Gasteiger partial charge in [-0.2, -0.15) is 4.99 Å². The average molecular weight is 141 g/mol. The quantitative estimate of drug-likeness (QED) is 0.315. The summed E-state index contributed by atoms with van der Waals surface area (Å²) in [6, 6.07) is 0. The van der Waals surface area contributed by atoms with E-state index in [-0.39, 0.29) is 5.91 Å². The van der Waals surface area contributed by atoms with E-state index in [1.807, 2.05) is 19.0 Å². The lowest BCUT2D eigenvalue weighted by Crippen LogP contribution is -1.84. The second-order valence-corrected chi connectivity index (χ2v) is 1.95. The number of thiocarbonyl (C=S) groups is 1. The van der Waals surface area contributed by atoms with Crippen LogP contribution in [-0.2, 0) is 4.79 Å². The highest BCUT2D eigenvalue weighted by Gasteiger charge is 1.87. The maximum absolute atomic E-state index is 10.5. The van der Waals surface area contributed by atoms with Crippen molar-refractivity contribution in [2.75, 3.05) is 0 Å². The molecule has 0 bridgehead atoms. The zero-order valence-corrected chi connectivity index (χ0v) is 6.16. The second kappa shape index (κ2) is 4.13. The molecule has 0 radical (unpaired) electrons. The van der Waals surface area contributed by atoms with Crippen LogP contribution in [0.2, 0.25) is 0 Å². The highest BCUT2D eigenvalue weighted by atomic mass is 32.1. The van der Waals surface area contributed by atoms with Crippen molar-refractivity contribution in [3.8, 4) is 0 Å². The summed E-state index contributed by atoms with van der Waals surface area (Å²) in [4.78, 5) is 13.7. The molecule has 0 N–H and O–H groups in total. The van der Waals surface area contributed by atoms with Crippen LogP contribution in [0.15, 0.2) is 16.6 Å². The summed E-state index contributed by atoms with van der Waals surface area (Å²) in [5.74, 6) is -0.343. The van der Waals surface area contributed by atoms with E-state index in [0.29, 0.717) is 0 Å². The van der Waals surface area contributed by atoms with Gasteiger partial charge in [-0.25, -0.2) is 0 Å². The lowest BCUT2D eigenvalue weighted by Gasteiger charge is -1.81. The fourth-order valence-corrected chi connectivity index (χ4v) is 0.414. The van der Waals surface area contributed by atoms with E-state index in [1.54, 1.807) is 0 Å². The highest BCUT2D eigenvalue weighted by Crippen LogP contribution is 1.88. The first-order valence-corrected chi connectivity index (χ1v) is 2.84. The molecular formula is C6H7NOS. The van der Waals surface area contributed by atoms with Crippen molar-refractivity contribution in [1.82, 2.24) is 0 Å². The van der Waals surface area contributed by atoms with Crippen LogP contribution >= 0.6 is 12.2 Å². The van der Waals surface area contributed by atoms with Crippen molar-refractivity contribution >= 4 is 23.3 Å². The van der Waals surface area contributed by atoms with Gasteiger partial charge in [0.15, 0.2) is 0 Å². The lowest BCUT2D eigenvalue weighted by atomic mass is 10.3. The SMILES string of the molecule is CC(C)=CC(=O)N=C=S. The van der Waals surface area contributed by atoms with Crippen LogP contribution in [0.3, 0.4) is 0 Å². The molecule has 48 valence electrons. The Morgan fingerprint density at radius 3 is 2.56 bits per heavy atom. The first-order valence-electron chi connectivity index (χ1n) is 2.43. The number of rotatable bonds is 1. The summed E-state index contributed by atoms with van der Waals surface area (Å²) < 4.78 is 0. The first-order chi connectivity index (χ1) is 4.16. The third-order valence-corrected chi connectivity index (χ3v) is 0.659. The lowest BCUT2D eigenvalue weighted by molar-refractivity contribution is -0.113. The number of hydrogen-bond donors (Lipinski definition) is 0. The molecular weight excluding hydrogens is 134 g/mol. The molecule has 0 rings (SSSR count). The maximum Gasteiger partial charge on any atom is 0.278 e. The van der Waals surface area contributed by atoms with Gasteiger partial charge in [0.1, 0.15) is 0 Å². The van der Waals surface area contributed by atoms with E-state index < -0.39 is 0 Å². The smallest absolute Gasteiger partial charge is 0.267 e. The zero-order chi connectivity index (χ0) is 7.28. The van der Waals surface area contributed by atoms with Crippen molar-refractivity contribution in [1.29, 1.82) is 0 Å². The molecule has 0 atom stereocenters. The number of hydrogen-bond acceptors (Lipinski definition) is 2. The van der Waals surface area contributed by atoms with Crippen LogP contribution in [0.5, 0.6) is 0 Å². The number of aliphatic imine (C=N–C) groups is 1. The summed E-state index contributed by atoms with van der Waals surface area (Å²) >= 11 is 4.21. The molecule has 0 aromatic rings. The van der Waals surface area contributed by atoms with Crippen LogP contribution in [0.25, 0.3) is 0 Å². The predicted molar refractivity (Wildman–Crippen MR) is 39.5 cm³/mol. The van der Waals surface area contributed by atoms with Crippen molar-refractivity contribution in [2.45, 2.75) is 13.8 Å². The van der Waals surface area contributed by atoms with E-state index in [1.165, 1.54) is 6.08 Å². The molecule has 1 amide bonds. The molecule has 0 fully saturated rings. The molecule has 9 heavy (non-hydrogen) atoms. The van der Waals surface area contributed by atoms with Gasteiger partial charge in [-0.3, -0.25) is 4.79 Å². The van der Waals surface area contributed by atoms with Crippen molar-refractivity contribution in [3.05, 3.63) is 11.6 Å². The predicted octanol–water partition coefficient (Wildman–Crippen LogP) is 1.58. The minimum Gasteiger partial charge on any atom is -0.267 e. The molecule has 0 spiro atoms. The molecule has 0 aliphatic heterocycles. The van der Waals surface area contributed by atoms with E-state index >= 15 is 0 Å². The van der Waals surface area contributed by atoms with Crippen LogP contribution in [0, 0.1) is 0 Å². The van der Waals surface area contributed by atoms with Crippen LogP contribution in [0.1, 0.15) is 13.8 Å². The topological polar surface area (TPSA) is 29.4 Å². The van der Waals surface area contributed by atoms with Crippen molar-refractivity contribution in [2.24, 2.45) is 4.99 Å². The number of amides is 1. The molecule has 0 aliphatic carbocycles. The van der Waals surface area contributed by atoms with Crippen LogP contribution in [-0.4, -0.2) is 11.1 Å². The minimum absolute atomic E-state index is 0.343. The fourth-order valence-electron chi connectivity index (χ4n) is 0.324. The number of carbonyl (C=O) groups is 1. The molecule has 0 aromatic carbocycles. The van der Waals surface area contributed by atoms with Gasteiger partial charge >= 0.3 is 0 Å². The Morgan fingerprint density at radius 2 is 2.22 bits per heavy atom. The van der Waals surface area contributed by atoms with Gasteiger partial charge in [-0.1, -0.05) is 5.57 Å². The first kappa shape index (κ1) is 8.21. The van der Waals surface area contributed by atoms with E-state index in [2.05, 4.69) is 17.2 Å². The Morgan fingerprint density at radius 1 is 1.67 bits per heavy atom. The number of allylic oxidation sites excluding steroid dienone is 1. The van der Waals surface area contributed by atoms with E-state index in [4.69, 9.17) is 0 Å². The van der Waals surface area contributed by atoms with Crippen LogP contribution in [0.4, 0.5) is 0 Å². The Hall–Kier alpha value is -0.790. The Labute approximate surface area is 59.3 Å². The standard InChI is InChI=1S/C6H7NOS/c1-5(2)3-6(8)7-4-9/h3H,1-2H3. The van der Waals surface area contributed by atoms with Gasteiger partial charge in [0, 0.05) is 6.08 Å². The van der Waals surface area contributed by atoms with Gasteiger partial charge < -0.3 is 0 Å². The number of nitrogens with zero attached hydrogens (tertiary/aromatic N) is 1.